The van der Waals surface area contributed by atoms with Crippen LogP contribution in [-0.2, 0) is 51.1 Å². The molecule has 1 fully saturated rings. The summed E-state index contributed by atoms with van der Waals surface area (Å²) in [4.78, 5) is 102. The van der Waals surface area contributed by atoms with E-state index in [2.05, 4.69) is 10.3 Å². The fraction of sp³-hybridized carbons (Fsp3) is 0.645. The van der Waals surface area contributed by atoms with Crippen molar-refractivity contribution in [2.24, 2.45) is 0 Å². The molecule has 2 heterocycles. The zero-order valence-corrected chi connectivity index (χ0v) is 52.4. The lowest BCUT2D eigenvalue weighted by molar-refractivity contribution is -0.147. The summed E-state index contributed by atoms with van der Waals surface area (Å²) in [5.74, 6) is -0.131. The van der Waals surface area contributed by atoms with Crippen molar-refractivity contribution in [3.63, 3.8) is 0 Å². The average Bonchev–Trinajstić information content (AvgIpc) is 4.12. The van der Waals surface area contributed by atoms with Gasteiger partial charge in [0.25, 0.3) is 0 Å². The molecule has 2 atom stereocenters. The third-order valence-corrected chi connectivity index (χ3v) is 13.5. The van der Waals surface area contributed by atoms with Crippen LogP contribution in [0, 0.1) is 0 Å². The summed E-state index contributed by atoms with van der Waals surface area (Å²) < 4.78 is 35.7. The van der Waals surface area contributed by atoms with Gasteiger partial charge in [-0.05, 0) is 152 Å². The van der Waals surface area contributed by atoms with Gasteiger partial charge in [0, 0.05) is 77.1 Å². The molecule has 83 heavy (non-hydrogen) atoms. The quantitative estimate of drug-likeness (QED) is 0.0373. The third kappa shape index (κ3) is 29.1. The number of esters is 1. The van der Waals surface area contributed by atoms with E-state index < -0.39 is 58.0 Å². The molecule has 0 saturated carbocycles. The van der Waals surface area contributed by atoms with Gasteiger partial charge in [-0.15, -0.1) is 11.8 Å². The van der Waals surface area contributed by atoms with Crippen molar-refractivity contribution in [2.45, 2.75) is 207 Å². The first-order valence-corrected chi connectivity index (χ1v) is 30.4. The van der Waals surface area contributed by atoms with E-state index in [1.165, 1.54) is 28.6 Å². The number of hydrogen-bond acceptors (Lipinski definition) is 15. The maximum absolute atomic E-state index is 13.2. The van der Waals surface area contributed by atoms with Gasteiger partial charge in [0.05, 0.1) is 0 Å². The highest BCUT2D eigenvalue weighted by Gasteiger charge is 2.30. The Labute approximate surface area is 497 Å². The molecule has 0 bridgehead atoms. The summed E-state index contributed by atoms with van der Waals surface area (Å²) in [5, 5.41) is 2.71. The fourth-order valence-corrected chi connectivity index (χ4v) is 9.50. The van der Waals surface area contributed by atoms with Crippen LogP contribution >= 0.6 is 11.8 Å². The number of nitrogens with zero attached hydrogens (tertiary/aromatic N) is 6. The Morgan fingerprint density at radius 3 is 1.34 bits per heavy atom. The van der Waals surface area contributed by atoms with Crippen molar-refractivity contribution in [3.05, 3.63) is 94.5 Å². The van der Waals surface area contributed by atoms with Gasteiger partial charge in [-0.25, -0.2) is 24.0 Å². The monoisotopic (exact) mass is 1180 g/mol. The first kappa shape index (κ1) is 69.1. The first-order chi connectivity index (χ1) is 39.0. The van der Waals surface area contributed by atoms with E-state index in [0.717, 1.165) is 11.1 Å². The number of carbonyl (C=O) groups excluding carboxylic acids is 6. The molecule has 0 aliphatic carbocycles. The second kappa shape index (κ2) is 33.8. The Hall–Kier alpha value is -6.35. The first-order valence-electron chi connectivity index (χ1n) is 29.3. The van der Waals surface area contributed by atoms with Crippen LogP contribution in [0.25, 0.3) is 0 Å². The molecular formula is C62H95N7O13S. The van der Waals surface area contributed by atoms with Crippen molar-refractivity contribution < 1.29 is 57.2 Å². The van der Waals surface area contributed by atoms with Gasteiger partial charge in [-0.2, -0.15) is 4.98 Å². The summed E-state index contributed by atoms with van der Waals surface area (Å²) in [6.07, 6.45) is 5.92. The van der Waals surface area contributed by atoms with E-state index in [4.69, 9.17) is 28.4 Å². The maximum Gasteiger partial charge on any atom is 0.410 e. The lowest BCUT2D eigenvalue weighted by atomic mass is 10.1. The summed E-state index contributed by atoms with van der Waals surface area (Å²) in [7, 11) is 0. The summed E-state index contributed by atoms with van der Waals surface area (Å²) in [5.41, 5.74) is -1.73. The minimum absolute atomic E-state index is 0.00426. The van der Waals surface area contributed by atoms with Gasteiger partial charge in [0.1, 0.15) is 46.5 Å². The number of benzene rings is 2. The normalized spacial score (nSPS) is 14.5. The molecule has 0 radical (unpaired) electrons. The smallest absolute Gasteiger partial charge is 0.410 e. The number of rotatable bonds is 30. The SMILES string of the molecule is CC(C)(C)OC(=O)N(CCCCCC(=O)Nc1ccn([C@@H]2CS[C@H](COC(=O)CCCCCN(CCCCN(Cc3ccccc3)C(=O)OC(C)(C)C)C(=O)OC(C)(C)C)O2)c(=O)n1)CCCCN(Cc1ccccc1)C(=O)OC(C)(C)C. The van der Waals surface area contributed by atoms with Gasteiger partial charge in [0.15, 0.2) is 0 Å². The lowest BCUT2D eigenvalue weighted by Crippen LogP contribution is -2.39. The molecule has 0 unspecified atom stereocenters. The zero-order chi connectivity index (χ0) is 61.2. The largest absolute Gasteiger partial charge is 0.462 e. The number of hydrogen-bond donors (Lipinski definition) is 1. The van der Waals surface area contributed by atoms with Gasteiger partial charge in [-0.3, -0.25) is 14.2 Å². The Kier molecular flexibility index (Phi) is 28.2. The number of anilines is 1. The van der Waals surface area contributed by atoms with Gasteiger partial charge < -0.3 is 53.3 Å². The minimum Gasteiger partial charge on any atom is -0.462 e. The van der Waals surface area contributed by atoms with Crippen molar-refractivity contribution in [1.29, 1.82) is 0 Å². The molecule has 20 nitrogen and oxygen atoms in total. The number of aromatic nitrogens is 2. The van der Waals surface area contributed by atoms with Crippen LogP contribution in [0.5, 0.6) is 0 Å². The molecule has 3 aromatic rings. The number of ether oxygens (including phenoxy) is 6. The molecule has 1 aliphatic rings. The number of amides is 5. The van der Waals surface area contributed by atoms with Crippen LogP contribution in [-0.4, -0.2) is 145 Å². The number of unbranched alkanes of at least 4 members (excludes halogenated alkanes) is 6. The van der Waals surface area contributed by atoms with Gasteiger partial charge in [-0.1, -0.05) is 73.5 Å². The molecule has 1 aromatic heterocycles. The maximum atomic E-state index is 13.2. The highest BCUT2D eigenvalue weighted by atomic mass is 32.2. The van der Waals surface area contributed by atoms with Crippen LogP contribution in [0.1, 0.15) is 177 Å². The number of thioether (sulfide) groups is 1. The van der Waals surface area contributed by atoms with Gasteiger partial charge in [0.2, 0.25) is 5.91 Å². The summed E-state index contributed by atoms with van der Waals surface area (Å²) in [6, 6.07) is 21.0. The topological polar surface area (TPSA) is 218 Å². The van der Waals surface area contributed by atoms with Crippen molar-refractivity contribution in [1.82, 2.24) is 29.2 Å². The molecule has 1 saturated heterocycles. The van der Waals surface area contributed by atoms with Crippen LogP contribution in [0.15, 0.2) is 77.7 Å². The Morgan fingerprint density at radius 2 is 0.928 bits per heavy atom. The molecule has 5 amide bonds. The second-order valence-electron chi connectivity index (χ2n) is 24.8. The zero-order valence-electron chi connectivity index (χ0n) is 51.5. The Morgan fingerprint density at radius 1 is 0.542 bits per heavy atom. The molecule has 2 aromatic carbocycles. The Bertz CT molecular complexity index is 2540. The average molecular weight is 1180 g/mol. The molecule has 1 aliphatic heterocycles. The molecule has 0 spiro atoms. The van der Waals surface area contributed by atoms with Crippen LogP contribution in [0.4, 0.5) is 25.0 Å². The van der Waals surface area contributed by atoms with Crippen LogP contribution in [0.3, 0.4) is 0 Å². The second-order valence-corrected chi connectivity index (χ2v) is 26.0. The van der Waals surface area contributed by atoms with E-state index in [0.29, 0.717) is 122 Å². The summed E-state index contributed by atoms with van der Waals surface area (Å²) in [6.45, 7) is 25.5. The fourth-order valence-electron chi connectivity index (χ4n) is 8.51. The number of nitrogens with one attached hydrogen (secondary N) is 1. The molecule has 4 rings (SSSR count). The standard InChI is InChI=1S/C62H95N7O13S/c1-59(2,3)79-55(73)65(38-25-27-40-67(57(75)81-61(7,8)9)43-47-29-17-13-18-30-47)36-23-15-21-33-50(70)63-49-35-42-69(54(72)64-49)51-46-83-53(78-51)45-77-52(71)34-22-16-24-37-66(56(74)80-60(4,5)6)39-26-28-41-68(58(76)82-62(10,11)12)44-48-31-19-14-20-32-48/h13-14,17-20,29-32,35,42,51,53H,15-16,21-28,33-34,36-41,43-46H2,1-12H3,(H,63,64,70,72)/t51-,53+/m0/s1. The van der Waals surface area contributed by atoms with E-state index in [1.54, 1.807) is 19.6 Å². The summed E-state index contributed by atoms with van der Waals surface area (Å²) >= 11 is 1.41. The Balaban J connectivity index is 1.14. The molecule has 21 heteroatoms. The highest BCUT2D eigenvalue weighted by Crippen LogP contribution is 2.31. The van der Waals surface area contributed by atoms with Crippen molar-refractivity contribution in [3.8, 4) is 0 Å². The van der Waals surface area contributed by atoms with Crippen molar-refractivity contribution >= 4 is 53.8 Å². The van der Waals surface area contributed by atoms with E-state index in [-0.39, 0.29) is 43.2 Å². The molecule has 1 N–H and O–H groups in total. The lowest BCUT2D eigenvalue weighted by Gasteiger charge is -2.29. The molecule has 462 valence electrons. The van der Waals surface area contributed by atoms with Crippen LogP contribution < -0.4 is 11.0 Å². The van der Waals surface area contributed by atoms with Crippen molar-refractivity contribution in [2.75, 3.05) is 56.9 Å². The van der Waals surface area contributed by atoms with E-state index in [9.17, 15) is 33.6 Å². The van der Waals surface area contributed by atoms with E-state index in [1.807, 2.05) is 144 Å². The highest BCUT2D eigenvalue weighted by molar-refractivity contribution is 8.00. The van der Waals surface area contributed by atoms with E-state index >= 15 is 0 Å². The third-order valence-electron chi connectivity index (χ3n) is 12.4. The van der Waals surface area contributed by atoms with Gasteiger partial charge >= 0.3 is 36.0 Å². The molecular weight excluding hydrogens is 1080 g/mol. The number of carbonyl (C=O) groups is 6. The van der Waals surface area contributed by atoms with Crippen LogP contribution in [0.2, 0.25) is 0 Å². The minimum atomic E-state index is -0.679. The predicted octanol–water partition coefficient (Wildman–Crippen LogP) is 12.3. The predicted molar refractivity (Wildman–Crippen MR) is 322 cm³/mol.